The maximum Gasteiger partial charge on any atom is 0.251 e. The summed E-state index contributed by atoms with van der Waals surface area (Å²) in [6.45, 7) is 1.76. The molecule has 3 aromatic rings. The van der Waals surface area contributed by atoms with Crippen molar-refractivity contribution in [1.82, 2.24) is 9.78 Å². The molecule has 11 heteroatoms. The summed E-state index contributed by atoms with van der Waals surface area (Å²) in [5, 5.41) is 9.55. The van der Waals surface area contributed by atoms with Gasteiger partial charge in [-0.3, -0.25) is 9.59 Å². The first-order valence-corrected chi connectivity index (χ1v) is 10.9. The fourth-order valence-corrected chi connectivity index (χ4v) is 5.50. The van der Waals surface area contributed by atoms with Crippen molar-refractivity contribution in [1.29, 1.82) is 0 Å². The summed E-state index contributed by atoms with van der Waals surface area (Å²) >= 11 is 15.1. The molecule has 3 N–H and O–H groups in total. The molecule has 27 heavy (non-hydrogen) atoms. The first kappa shape index (κ1) is 20.0. The average molecular weight is 457 g/mol. The average Bonchev–Trinajstić information content (AvgIpc) is 3.22. The second-order valence-electron chi connectivity index (χ2n) is 5.30. The predicted octanol–water partition coefficient (Wildman–Crippen LogP) is 4.60. The SMILES string of the molecule is C[C@@H](Sc1nn(-c2ccc(Cl)cc2)c(=S)s1)C(=O)Nc1sccc1C(N)=O. The molecule has 2 amide bonds. The van der Waals surface area contributed by atoms with E-state index in [0.29, 0.717) is 23.9 Å². The van der Waals surface area contributed by atoms with Crippen LogP contribution in [0.25, 0.3) is 5.69 Å². The van der Waals surface area contributed by atoms with Crippen LogP contribution >= 0.6 is 58.3 Å². The first-order valence-electron chi connectivity index (χ1n) is 7.56. The van der Waals surface area contributed by atoms with Crippen molar-refractivity contribution in [3.05, 3.63) is 50.3 Å². The van der Waals surface area contributed by atoms with E-state index in [1.165, 1.54) is 34.4 Å². The zero-order chi connectivity index (χ0) is 19.6. The Labute approximate surface area is 177 Å². The molecule has 0 saturated heterocycles. The molecule has 0 aliphatic carbocycles. The van der Waals surface area contributed by atoms with Crippen LogP contribution in [0, 0.1) is 3.95 Å². The van der Waals surface area contributed by atoms with E-state index in [1.807, 2.05) is 12.1 Å². The van der Waals surface area contributed by atoms with Gasteiger partial charge in [-0.05, 0) is 54.9 Å². The minimum Gasteiger partial charge on any atom is -0.366 e. The molecular formula is C16H13ClN4O2S4. The quantitative estimate of drug-likeness (QED) is 0.418. The zero-order valence-corrected chi connectivity index (χ0v) is 17.9. The summed E-state index contributed by atoms with van der Waals surface area (Å²) in [6.07, 6.45) is 0. The van der Waals surface area contributed by atoms with E-state index in [-0.39, 0.29) is 5.91 Å². The number of primary amides is 1. The highest BCUT2D eigenvalue weighted by Crippen LogP contribution is 2.30. The minimum absolute atomic E-state index is 0.246. The van der Waals surface area contributed by atoms with Gasteiger partial charge in [-0.15, -0.1) is 16.4 Å². The molecule has 0 bridgehead atoms. The number of nitrogens with two attached hydrogens (primary N) is 1. The highest BCUT2D eigenvalue weighted by atomic mass is 35.5. The molecule has 0 fully saturated rings. The van der Waals surface area contributed by atoms with Gasteiger partial charge in [0.15, 0.2) is 8.29 Å². The molecule has 2 aromatic heterocycles. The van der Waals surface area contributed by atoms with Gasteiger partial charge in [0.25, 0.3) is 5.91 Å². The number of benzene rings is 1. The van der Waals surface area contributed by atoms with Gasteiger partial charge in [-0.25, -0.2) is 4.68 Å². The molecule has 1 aromatic carbocycles. The molecule has 6 nitrogen and oxygen atoms in total. The number of hydrogen-bond acceptors (Lipinski definition) is 7. The lowest BCUT2D eigenvalue weighted by atomic mass is 10.3. The van der Waals surface area contributed by atoms with Gasteiger partial charge in [0.2, 0.25) is 5.91 Å². The van der Waals surface area contributed by atoms with Crippen LogP contribution in [-0.4, -0.2) is 26.8 Å². The van der Waals surface area contributed by atoms with Crippen molar-refractivity contribution in [2.75, 3.05) is 5.32 Å². The number of carbonyl (C=O) groups is 2. The number of aromatic nitrogens is 2. The normalized spacial score (nSPS) is 11.9. The van der Waals surface area contributed by atoms with E-state index in [9.17, 15) is 9.59 Å². The molecule has 0 saturated carbocycles. The van der Waals surface area contributed by atoms with Gasteiger partial charge in [0, 0.05) is 5.02 Å². The van der Waals surface area contributed by atoms with E-state index in [2.05, 4.69) is 10.4 Å². The van der Waals surface area contributed by atoms with Crippen LogP contribution in [-0.2, 0) is 4.79 Å². The lowest BCUT2D eigenvalue weighted by Gasteiger charge is -2.09. The fraction of sp³-hybridized carbons (Fsp3) is 0.125. The molecule has 0 aliphatic heterocycles. The van der Waals surface area contributed by atoms with Gasteiger partial charge in [-0.2, -0.15) is 0 Å². The third kappa shape index (κ3) is 4.77. The van der Waals surface area contributed by atoms with Crippen molar-refractivity contribution in [2.24, 2.45) is 5.73 Å². The number of halogens is 1. The lowest BCUT2D eigenvalue weighted by molar-refractivity contribution is -0.115. The van der Waals surface area contributed by atoms with E-state index in [0.717, 1.165) is 5.69 Å². The first-order chi connectivity index (χ1) is 12.8. The van der Waals surface area contributed by atoms with Gasteiger partial charge in [0.05, 0.1) is 16.5 Å². The van der Waals surface area contributed by atoms with Gasteiger partial charge >= 0.3 is 0 Å². The van der Waals surface area contributed by atoms with E-state index >= 15 is 0 Å². The monoisotopic (exact) mass is 456 g/mol. The third-order valence-corrected chi connectivity index (χ3v) is 6.91. The van der Waals surface area contributed by atoms with Crippen LogP contribution in [0.3, 0.4) is 0 Å². The second kappa shape index (κ2) is 8.53. The Kier molecular flexibility index (Phi) is 6.33. The Morgan fingerprint density at radius 3 is 2.70 bits per heavy atom. The Morgan fingerprint density at radius 1 is 1.33 bits per heavy atom. The van der Waals surface area contributed by atoms with E-state index in [1.54, 1.807) is 35.2 Å². The van der Waals surface area contributed by atoms with Crippen molar-refractivity contribution in [2.45, 2.75) is 16.5 Å². The molecule has 0 radical (unpaired) electrons. The maximum atomic E-state index is 12.4. The molecule has 0 unspecified atom stereocenters. The third-order valence-electron chi connectivity index (χ3n) is 3.41. The van der Waals surface area contributed by atoms with Crippen molar-refractivity contribution < 1.29 is 9.59 Å². The second-order valence-corrected chi connectivity index (χ2v) is 9.86. The van der Waals surface area contributed by atoms with Gasteiger partial charge < -0.3 is 11.1 Å². The zero-order valence-electron chi connectivity index (χ0n) is 13.8. The van der Waals surface area contributed by atoms with Crippen LogP contribution in [0.1, 0.15) is 17.3 Å². The van der Waals surface area contributed by atoms with Gasteiger partial charge in [-0.1, -0.05) is 34.7 Å². The number of hydrogen-bond donors (Lipinski definition) is 2. The smallest absolute Gasteiger partial charge is 0.251 e. The largest absolute Gasteiger partial charge is 0.366 e. The number of rotatable bonds is 6. The molecule has 0 aliphatic rings. The molecular weight excluding hydrogens is 444 g/mol. The summed E-state index contributed by atoms with van der Waals surface area (Å²) in [4.78, 5) is 23.8. The highest BCUT2D eigenvalue weighted by Gasteiger charge is 2.20. The summed E-state index contributed by atoms with van der Waals surface area (Å²) in [5.41, 5.74) is 6.40. The molecule has 2 heterocycles. The number of nitrogens with zero attached hydrogens (tertiary/aromatic N) is 2. The van der Waals surface area contributed by atoms with Crippen LogP contribution in [0.15, 0.2) is 40.1 Å². The van der Waals surface area contributed by atoms with Crippen molar-refractivity contribution >= 4 is 75.1 Å². The summed E-state index contributed by atoms with van der Waals surface area (Å²) in [5.74, 6) is -0.823. The predicted molar refractivity (Wildman–Crippen MR) is 114 cm³/mol. The number of thioether (sulfide) groups is 1. The minimum atomic E-state index is -0.577. The van der Waals surface area contributed by atoms with Crippen molar-refractivity contribution in [3.8, 4) is 5.69 Å². The Hall–Kier alpha value is -1.72. The number of thiophene rings is 1. The standard InChI is InChI=1S/C16H13ClN4O2S4/c1-8(13(23)19-14-11(12(18)22)6-7-25-14)26-15-20-21(16(24)27-15)10-4-2-9(17)3-5-10/h2-8H,1H3,(H2,18,22)(H,19,23)/t8-/m1/s1. The summed E-state index contributed by atoms with van der Waals surface area (Å²) in [7, 11) is 0. The number of nitrogens with one attached hydrogen (secondary N) is 1. The Morgan fingerprint density at radius 2 is 2.04 bits per heavy atom. The number of carbonyl (C=O) groups excluding carboxylic acids is 2. The lowest BCUT2D eigenvalue weighted by Crippen LogP contribution is -2.23. The van der Waals surface area contributed by atoms with Crippen LogP contribution in [0.5, 0.6) is 0 Å². The number of amides is 2. The Balaban J connectivity index is 1.71. The topological polar surface area (TPSA) is 90.0 Å². The van der Waals surface area contributed by atoms with Crippen LogP contribution < -0.4 is 11.1 Å². The van der Waals surface area contributed by atoms with Crippen LogP contribution in [0.4, 0.5) is 5.00 Å². The summed E-state index contributed by atoms with van der Waals surface area (Å²) < 4.78 is 2.87. The number of anilines is 1. The maximum absolute atomic E-state index is 12.4. The molecule has 1 atom stereocenters. The molecule has 140 valence electrons. The van der Waals surface area contributed by atoms with Gasteiger partial charge in [0.1, 0.15) is 5.00 Å². The highest BCUT2D eigenvalue weighted by molar-refractivity contribution is 8.02. The van der Waals surface area contributed by atoms with Crippen LogP contribution in [0.2, 0.25) is 5.02 Å². The Bertz CT molecular complexity index is 1040. The van der Waals surface area contributed by atoms with E-state index in [4.69, 9.17) is 29.6 Å². The molecule has 0 spiro atoms. The van der Waals surface area contributed by atoms with E-state index < -0.39 is 11.2 Å². The fourth-order valence-electron chi connectivity index (χ4n) is 2.07. The summed E-state index contributed by atoms with van der Waals surface area (Å²) in [6, 6.07) is 8.76. The van der Waals surface area contributed by atoms with Crippen molar-refractivity contribution in [3.63, 3.8) is 0 Å². The molecule has 3 rings (SSSR count).